The number of carbonyl (C=O) groups is 1. The molecular formula is C10H11NOS2. The number of thioether (sulfide) groups is 1. The van der Waals surface area contributed by atoms with E-state index in [4.69, 9.17) is 0 Å². The highest BCUT2D eigenvalue weighted by Gasteiger charge is 2.15. The lowest BCUT2D eigenvalue weighted by molar-refractivity contribution is -0.113. The molecule has 0 spiro atoms. The van der Waals surface area contributed by atoms with E-state index in [1.165, 1.54) is 0 Å². The molecule has 1 aromatic carbocycles. The smallest absolute Gasteiger partial charge is 0.234 e. The van der Waals surface area contributed by atoms with Gasteiger partial charge in [-0.2, -0.15) is 12.6 Å². The molecule has 0 fully saturated rings. The molecule has 0 aromatic heterocycles. The minimum atomic E-state index is 0.0754. The predicted octanol–water partition coefficient (Wildman–Crippen LogP) is 2.72. The Morgan fingerprint density at radius 2 is 2.36 bits per heavy atom. The average molecular weight is 225 g/mol. The maximum atomic E-state index is 11.2. The molecule has 74 valence electrons. The normalized spacial score (nSPS) is 17.1. The lowest BCUT2D eigenvalue weighted by atomic mass is 10.1. The van der Waals surface area contributed by atoms with E-state index in [0.29, 0.717) is 5.75 Å². The standard InChI is InChI=1S/C10H11NOS2/c1-6(13)7-2-3-9-8(4-7)11-10(12)5-14-9/h2-4,6,13H,5H2,1H3,(H,11,12). The van der Waals surface area contributed by atoms with Gasteiger partial charge in [-0.3, -0.25) is 4.79 Å². The summed E-state index contributed by atoms with van der Waals surface area (Å²) in [5.74, 6) is 0.592. The van der Waals surface area contributed by atoms with Crippen LogP contribution in [0.5, 0.6) is 0 Å². The molecule has 1 aliphatic heterocycles. The fourth-order valence-electron chi connectivity index (χ4n) is 1.36. The summed E-state index contributed by atoms with van der Waals surface area (Å²) in [6.45, 7) is 2.02. The first-order chi connectivity index (χ1) is 6.66. The van der Waals surface area contributed by atoms with E-state index >= 15 is 0 Å². The highest BCUT2D eigenvalue weighted by molar-refractivity contribution is 8.00. The fourth-order valence-corrected chi connectivity index (χ4v) is 2.31. The summed E-state index contributed by atoms with van der Waals surface area (Å²) in [6, 6.07) is 6.10. The molecule has 1 N–H and O–H groups in total. The lowest BCUT2D eigenvalue weighted by Gasteiger charge is -2.17. The summed E-state index contributed by atoms with van der Waals surface area (Å²) in [6.07, 6.45) is 0. The number of anilines is 1. The topological polar surface area (TPSA) is 29.1 Å². The molecule has 0 radical (unpaired) electrons. The van der Waals surface area contributed by atoms with Crippen LogP contribution in [-0.2, 0) is 4.79 Å². The molecule has 0 saturated heterocycles. The number of carbonyl (C=O) groups excluding carboxylic acids is 1. The van der Waals surface area contributed by atoms with Crippen LogP contribution in [-0.4, -0.2) is 11.7 Å². The van der Waals surface area contributed by atoms with Crippen molar-refractivity contribution in [2.75, 3.05) is 11.1 Å². The zero-order valence-electron chi connectivity index (χ0n) is 7.78. The Balaban J connectivity index is 2.37. The van der Waals surface area contributed by atoms with E-state index in [2.05, 4.69) is 24.0 Å². The highest BCUT2D eigenvalue weighted by atomic mass is 32.2. The number of nitrogens with one attached hydrogen (secondary N) is 1. The molecule has 0 bridgehead atoms. The fraction of sp³-hybridized carbons (Fsp3) is 0.300. The summed E-state index contributed by atoms with van der Waals surface area (Å²) in [5.41, 5.74) is 2.06. The third-order valence-electron chi connectivity index (χ3n) is 2.12. The minimum absolute atomic E-state index is 0.0754. The van der Waals surface area contributed by atoms with E-state index < -0.39 is 0 Å². The molecule has 4 heteroatoms. The van der Waals surface area contributed by atoms with Gasteiger partial charge in [-0.15, -0.1) is 11.8 Å². The zero-order chi connectivity index (χ0) is 10.1. The Kier molecular flexibility index (Phi) is 2.74. The van der Waals surface area contributed by atoms with Gasteiger partial charge in [0.15, 0.2) is 0 Å². The minimum Gasteiger partial charge on any atom is -0.324 e. The largest absolute Gasteiger partial charge is 0.324 e. The molecule has 0 aliphatic carbocycles. The molecular weight excluding hydrogens is 214 g/mol. The molecule has 2 rings (SSSR count). The number of hydrogen-bond acceptors (Lipinski definition) is 3. The Morgan fingerprint density at radius 3 is 3.07 bits per heavy atom. The number of thiol groups is 1. The molecule has 1 unspecified atom stereocenters. The van der Waals surface area contributed by atoms with E-state index in [9.17, 15) is 4.79 Å². The summed E-state index contributed by atoms with van der Waals surface area (Å²) >= 11 is 5.94. The second kappa shape index (κ2) is 3.87. The predicted molar refractivity (Wildman–Crippen MR) is 63.2 cm³/mol. The maximum Gasteiger partial charge on any atom is 0.234 e. The van der Waals surface area contributed by atoms with Gasteiger partial charge < -0.3 is 5.32 Å². The first kappa shape index (κ1) is 9.93. The number of amides is 1. The number of benzene rings is 1. The van der Waals surface area contributed by atoms with Crippen LogP contribution in [0.15, 0.2) is 23.1 Å². The lowest BCUT2D eigenvalue weighted by Crippen LogP contribution is -2.18. The second-order valence-electron chi connectivity index (χ2n) is 3.27. The van der Waals surface area contributed by atoms with E-state index in [-0.39, 0.29) is 11.2 Å². The van der Waals surface area contributed by atoms with Crippen LogP contribution in [0.3, 0.4) is 0 Å². The van der Waals surface area contributed by atoms with Crippen molar-refractivity contribution in [1.82, 2.24) is 0 Å². The molecule has 1 heterocycles. The summed E-state index contributed by atoms with van der Waals surface area (Å²) in [7, 11) is 0. The van der Waals surface area contributed by atoms with Gasteiger partial charge in [-0.1, -0.05) is 6.07 Å². The number of fused-ring (bicyclic) bond motifs is 1. The van der Waals surface area contributed by atoms with E-state index in [1.807, 2.05) is 19.1 Å². The molecule has 1 aliphatic rings. The molecule has 0 saturated carbocycles. The van der Waals surface area contributed by atoms with E-state index in [0.717, 1.165) is 16.1 Å². The van der Waals surface area contributed by atoms with Crippen molar-refractivity contribution in [3.63, 3.8) is 0 Å². The Labute approximate surface area is 92.9 Å². The maximum absolute atomic E-state index is 11.2. The molecule has 1 atom stereocenters. The van der Waals surface area contributed by atoms with Crippen LogP contribution in [0.25, 0.3) is 0 Å². The van der Waals surface area contributed by atoms with Crippen molar-refractivity contribution in [2.24, 2.45) is 0 Å². The van der Waals surface area contributed by atoms with Gasteiger partial charge in [-0.05, 0) is 24.6 Å². The van der Waals surface area contributed by atoms with Gasteiger partial charge >= 0.3 is 0 Å². The zero-order valence-corrected chi connectivity index (χ0v) is 9.49. The van der Waals surface area contributed by atoms with Crippen LogP contribution in [0.2, 0.25) is 0 Å². The van der Waals surface area contributed by atoms with Crippen molar-refractivity contribution < 1.29 is 4.79 Å². The average Bonchev–Trinajstić information content (AvgIpc) is 2.16. The first-order valence-corrected chi connectivity index (χ1v) is 5.91. The van der Waals surface area contributed by atoms with Gasteiger partial charge in [0, 0.05) is 10.1 Å². The van der Waals surface area contributed by atoms with Crippen LogP contribution in [0, 0.1) is 0 Å². The molecule has 2 nitrogen and oxygen atoms in total. The van der Waals surface area contributed by atoms with Gasteiger partial charge in [0.2, 0.25) is 5.91 Å². The van der Waals surface area contributed by atoms with Gasteiger partial charge in [-0.25, -0.2) is 0 Å². The van der Waals surface area contributed by atoms with Gasteiger partial charge in [0.1, 0.15) is 0 Å². The van der Waals surface area contributed by atoms with E-state index in [1.54, 1.807) is 11.8 Å². The molecule has 14 heavy (non-hydrogen) atoms. The Hall–Kier alpha value is -0.610. The van der Waals surface area contributed by atoms with Crippen LogP contribution < -0.4 is 5.32 Å². The van der Waals surface area contributed by atoms with Crippen molar-refractivity contribution in [2.45, 2.75) is 17.1 Å². The van der Waals surface area contributed by atoms with Crippen molar-refractivity contribution in [1.29, 1.82) is 0 Å². The summed E-state index contributed by atoms with van der Waals surface area (Å²) < 4.78 is 0. The van der Waals surface area contributed by atoms with Crippen molar-refractivity contribution in [3.05, 3.63) is 23.8 Å². The van der Waals surface area contributed by atoms with Gasteiger partial charge in [0.25, 0.3) is 0 Å². The summed E-state index contributed by atoms with van der Waals surface area (Å²) in [4.78, 5) is 12.3. The Morgan fingerprint density at radius 1 is 1.57 bits per heavy atom. The Bertz CT molecular complexity index is 376. The summed E-state index contributed by atoms with van der Waals surface area (Å²) in [5, 5.41) is 3.06. The quantitative estimate of drug-likeness (QED) is 0.720. The highest BCUT2D eigenvalue weighted by Crippen LogP contribution is 2.34. The third kappa shape index (κ3) is 1.91. The second-order valence-corrected chi connectivity index (χ2v) is 5.06. The monoisotopic (exact) mass is 225 g/mol. The number of hydrogen-bond donors (Lipinski definition) is 2. The van der Waals surface area contributed by atoms with Crippen molar-refractivity contribution >= 4 is 36.0 Å². The van der Waals surface area contributed by atoms with Gasteiger partial charge in [0.05, 0.1) is 11.4 Å². The molecule has 1 amide bonds. The molecule has 1 aromatic rings. The van der Waals surface area contributed by atoms with Crippen LogP contribution in [0.1, 0.15) is 17.7 Å². The van der Waals surface area contributed by atoms with Crippen molar-refractivity contribution in [3.8, 4) is 0 Å². The van der Waals surface area contributed by atoms with Crippen LogP contribution >= 0.6 is 24.4 Å². The SMILES string of the molecule is CC(S)c1ccc2c(c1)NC(=O)CS2. The number of rotatable bonds is 1. The first-order valence-electron chi connectivity index (χ1n) is 4.41. The third-order valence-corrected chi connectivity index (χ3v) is 3.49. The van der Waals surface area contributed by atoms with Crippen LogP contribution in [0.4, 0.5) is 5.69 Å².